The molecule has 0 fully saturated rings. The molecule has 0 aliphatic rings. The van der Waals surface area contributed by atoms with Crippen LogP contribution in [-0.2, 0) is 6.18 Å². The normalized spacial score (nSPS) is 11.2. The van der Waals surface area contributed by atoms with Crippen LogP contribution in [0.2, 0.25) is 0 Å². The van der Waals surface area contributed by atoms with E-state index >= 15 is 0 Å². The van der Waals surface area contributed by atoms with Crippen LogP contribution in [0.5, 0.6) is 0 Å². The van der Waals surface area contributed by atoms with Crippen molar-refractivity contribution in [1.82, 2.24) is 0 Å². The van der Waals surface area contributed by atoms with Gasteiger partial charge in [0.25, 0.3) is 0 Å². The number of benzene rings is 2. The van der Waals surface area contributed by atoms with Crippen LogP contribution in [0.1, 0.15) is 5.56 Å². The van der Waals surface area contributed by atoms with Gasteiger partial charge in [0.15, 0.2) is 5.11 Å². The summed E-state index contributed by atoms with van der Waals surface area (Å²) in [4.78, 5) is 0. The summed E-state index contributed by atoms with van der Waals surface area (Å²) in [5, 5.41) is 2.82. The third kappa shape index (κ3) is 3.27. The molecule has 2 aromatic carbocycles. The topological polar surface area (TPSA) is 38.0 Å². The summed E-state index contributed by atoms with van der Waals surface area (Å²) in [7, 11) is 0. The lowest BCUT2D eigenvalue weighted by atomic mass is 9.99. The van der Waals surface area contributed by atoms with E-state index in [1.54, 1.807) is 30.3 Å². The van der Waals surface area contributed by atoms with Crippen LogP contribution in [0.4, 0.5) is 18.9 Å². The van der Waals surface area contributed by atoms with Crippen molar-refractivity contribution in [3.63, 3.8) is 0 Å². The van der Waals surface area contributed by atoms with Crippen LogP contribution in [0.3, 0.4) is 0 Å². The average Bonchev–Trinajstić information content (AvgIpc) is 2.38. The van der Waals surface area contributed by atoms with E-state index in [4.69, 9.17) is 18.0 Å². The number of rotatable bonds is 2. The second-order valence-electron chi connectivity index (χ2n) is 4.11. The van der Waals surface area contributed by atoms with Crippen LogP contribution < -0.4 is 11.1 Å². The maximum atomic E-state index is 12.9. The number of nitrogens with one attached hydrogen (secondary N) is 1. The summed E-state index contributed by atoms with van der Waals surface area (Å²) < 4.78 is 38.8. The molecule has 3 N–H and O–H groups in total. The molecular weight excluding hydrogens is 285 g/mol. The second-order valence-corrected chi connectivity index (χ2v) is 4.55. The van der Waals surface area contributed by atoms with Crippen molar-refractivity contribution in [2.45, 2.75) is 6.18 Å². The first-order chi connectivity index (χ1) is 9.38. The molecule has 0 unspecified atom stereocenters. The Bertz CT molecular complexity index is 621. The Kier molecular flexibility index (Phi) is 3.94. The maximum absolute atomic E-state index is 12.9. The minimum Gasteiger partial charge on any atom is -0.376 e. The van der Waals surface area contributed by atoms with E-state index in [-0.39, 0.29) is 10.7 Å². The van der Waals surface area contributed by atoms with Crippen LogP contribution in [0.25, 0.3) is 11.1 Å². The molecule has 2 aromatic rings. The average molecular weight is 296 g/mol. The fraction of sp³-hybridized carbons (Fsp3) is 0.0714. The zero-order chi connectivity index (χ0) is 14.8. The molecule has 104 valence electrons. The van der Waals surface area contributed by atoms with Gasteiger partial charge < -0.3 is 11.1 Å². The molecule has 0 radical (unpaired) electrons. The molecule has 0 aromatic heterocycles. The minimum atomic E-state index is -4.38. The molecule has 0 spiro atoms. The fourth-order valence-electron chi connectivity index (χ4n) is 1.86. The highest BCUT2D eigenvalue weighted by atomic mass is 32.1. The van der Waals surface area contributed by atoms with Gasteiger partial charge in [-0.15, -0.1) is 0 Å². The number of hydrogen-bond acceptors (Lipinski definition) is 1. The summed E-state index contributed by atoms with van der Waals surface area (Å²) in [6, 6.07) is 11.9. The zero-order valence-corrected chi connectivity index (χ0v) is 11.1. The standard InChI is InChI=1S/C14H11F3N2S/c15-14(16,17)12-4-2-1-3-11(12)9-5-7-10(8-6-9)19-13(18)20/h1-8H,(H3,18,19,20). The molecule has 2 nitrogen and oxygen atoms in total. The van der Waals surface area contributed by atoms with E-state index in [9.17, 15) is 13.2 Å². The number of hydrogen-bond donors (Lipinski definition) is 2. The van der Waals surface area contributed by atoms with E-state index in [0.717, 1.165) is 6.07 Å². The molecule has 0 heterocycles. The Morgan fingerprint density at radius 1 is 1.00 bits per heavy atom. The molecule has 0 saturated carbocycles. The SMILES string of the molecule is NC(=S)Nc1ccc(-c2ccccc2C(F)(F)F)cc1. The van der Waals surface area contributed by atoms with Gasteiger partial charge >= 0.3 is 6.18 Å². The molecular formula is C14H11F3N2S. The quantitative estimate of drug-likeness (QED) is 0.822. The summed E-state index contributed by atoms with van der Waals surface area (Å²) in [5.41, 5.74) is 5.92. The zero-order valence-electron chi connectivity index (χ0n) is 10.2. The predicted molar refractivity (Wildman–Crippen MR) is 77.3 cm³/mol. The Morgan fingerprint density at radius 2 is 1.60 bits per heavy atom. The maximum Gasteiger partial charge on any atom is 0.417 e. The number of nitrogens with two attached hydrogens (primary N) is 1. The van der Waals surface area contributed by atoms with Crippen molar-refractivity contribution < 1.29 is 13.2 Å². The lowest BCUT2D eigenvalue weighted by Gasteiger charge is -2.13. The minimum absolute atomic E-state index is 0.105. The highest BCUT2D eigenvalue weighted by Gasteiger charge is 2.33. The van der Waals surface area contributed by atoms with E-state index in [1.165, 1.54) is 12.1 Å². The summed E-state index contributed by atoms with van der Waals surface area (Å²) in [6.45, 7) is 0. The van der Waals surface area contributed by atoms with Crippen LogP contribution in [0, 0.1) is 0 Å². The van der Waals surface area contributed by atoms with Gasteiger partial charge in [0.2, 0.25) is 0 Å². The Labute approximate surface area is 119 Å². The smallest absolute Gasteiger partial charge is 0.376 e. The Morgan fingerprint density at radius 3 is 2.15 bits per heavy atom. The first-order valence-electron chi connectivity index (χ1n) is 5.71. The summed E-state index contributed by atoms with van der Waals surface area (Å²) in [6.07, 6.45) is -4.38. The number of alkyl halides is 3. The lowest BCUT2D eigenvalue weighted by Crippen LogP contribution is -2.18. The van der Waals surface area contributed by atoms with Gasteiger partial charge in [-0.05, 0) is 41.5 Å². The second kappa shape index (κ2) is 5.50. The molecule has 0 saturated heterocycles. The number of thiocarbonyl (C=S) groups is 1. The fourth-order valence-corrected chi connectivity index (χ4v) is 1.98. The van der Waals surface area contributed by atoms with Gasteiger partial charge in [0, 0.05) is 5.69 Å². The van der Waals surface area contributed by atoms with Crippen molar-refractivity contribution in [3.8, 4) is 11.1 Å². The van der Waals surface area contributed by atoms with Gasteiger partial charge in [0.05, 0.1) is 5.56 Å². The highest BCUT2D eigenvalue weighted by Crippen LogP contribution is 2.37. The van der Waals surface area contributed by atoms with Crippen molar-refractivity contribution >= 4 is 23.0 Å². The highest BCUT2D eigenvalue weighted by molar-refractivity contribution is 7.80. The number of halogens is 3. The largest absolute Gasteiger partial charge is 0.417 e. The van der Waals surface area contributed by atoms with Gasteiger partial charge in [-0.3, -0.25) is 0 Å². The van der Waals surface area contributed by atoms with Crippen molar-refractivity contribution in [1.29, 1.82) is 0 Å². The molecule has 0 bridgehead atoms. The molecule has 20 heavy (non-hydrogen) atoms. The predicted octanol–water partition coefficient (Wildman–Crippen LogP) is 4.03. The van der Waals surface area contributed by atoms with E-state index < -0.39 is 11.7 Å². The Hall–Kier alpha value is -2.08. The molecule has 0 aliphatic heterocycles. The first kappa shape index (κ1) is 14.3. The van der Waals surface area contributed by atoms with Crippen LogP contribution in [0.15, 0.2) is 48.5 Å². The van der Waals surface area contributed by atoms with E-state index in [2.05, 4.69) is 5.32 Å². The summed E-state index contributed by atoms with van der Waals surface area (Å²) >= 11 is 4.69. The number of anilines is 1. The monoisotopic (exact) mass is 296 g/mol. The van der Waals surface area contributed by atoms with Gasteiger partial charge in [0.1, 0.15) is 0 Å². The Balaban J connectivity index is 2.40. The van der Waals surface area contributed by atoms with Gasteiger partial charge in [-0.25, -0.2) is 0 Å². The van der Waals surface area contributed by atoms with Gasteiger partial charge in [-0.1, -0.05) is 30.3 Å². The molecule has 0 atom stereocenters. The summed E-state index contributed by atoms with van der Waals surface area (Å²) in [5.74, 6) is 0. The third-order valence-electron chi connectivity index (χ3n) is 2.70. The van der Waals surface area contributed by atoms with Crippen molar-refractivity contribution in [3.05, 3.63) is 54.1 Å². The lowest BCUT2D eigenvalue weighted by molar-refractivity contribution is -0.137. The van der Waals surface area contributed by atoms with Crippen LogP contribution in [-0.4, -0.2) is 5.11 Å². The van der Waals surface area contributed by atoms with Crippen molar-refractivity contribution in [2.24, 2.45) is 5.73 Å². The first-order valence-corrected chi connectivity index (χ1v) is 6.12. The third-order valence-corrected chi connectivity index (χ3v) is 2.80. The van der Waals surface area contributed by atoms with Crippen molar-refractivity contribution in [2.75, 3.05) is 5.32 Å². The molecule has 6 heteroatoms. The molecule has 0 aliphatic carbocycles. The van der Waals surface area contributed by atoms with E-state index in [1.807, 2.05) is 0 Å². The van der Waals surface area contributed by atoms with Gasteiger partial charge in [-0.2, -0.15) is 13.2 Å². The van der Waals surface area contributed by atoms with Crippen LogP contribution >= 0.6 is 12.2 Å². The van der Waals surface area contributed by atoms with E-state index in [0.29, 0.717) is 11.3 Å². The molecule has 2 rings (SSSR count). The molecule has 0 amide bonds.